The van der Waals surface area contributed by atoms with Gasteiger partial charge in [-0.1, -0.05) is 31.5 Å². The quantitative estimate of drug-likeness (QED) is 0.614. The molecule has 23 heavy (non-hydrogen) atoms. The molecule has 0 saturated carbocycles. The van der Waals surface area contributed by atoms with E-state index in [-0.39, 0.29) is 11.6 Å². The highest BCUT2D eigenvalue weighted by molar-refractivity contribution is 7.13. The van der Waals surface area contributed by atoms with E-state index in [2.05, 4.69) is 6.92 Å². The van der Waals surface area contributed by atoms with Crippen LogP contribution in [-0.2, 0) is 0 Å². The molecule has 4 nitrogen and oxygen atoms in total. The fourth-order valence-corrected chi connectivity index (χ4v) is 3.08. The summed E-state index contributed by atoms with van der Waals surface area (Å²) in [4.78, 5) is 0.843. The molecule has 5 heteroatoms. The van der Waals surface area contributed by atoms with Crippen molar-refractivity contribution < 1.29 is 14.3 Å². The number of hydrogen-bond acceptors (Lipinski definition) is 5. The van der Waals surface area contributed by atoms with Gasteiger partial charge in [0.1, 0.15) is 5.75 Å². The topological polar surface area (TPSA) is 68.6 Å². The Labute approximate surface area is 139 Å². The number of unbranched alkanes of at least 4 members (excludes halogenated alkanes) is 1. The molecule has 0 aliphatic heterocycles. The van der Waals surface area contributed by atoms with E-state index in [9.17, 15) is 5.11 Å². The molecule has 0 amide bonds. The Hall–Kier alpha value is -2.40. The van der Waals surface area contributed by atoms with Crippen LogP contribution in [0.15, 0.2) is 46.2 Å². The minimum absolute atomic E-state index is 0.0654. The molecule has 0 aliphatic carbocycles. The summed E-state index contributed by atoms with van der Waals surface area (Å²) in [6.45, 7) is 2.79. The van der Waals surface area contributed by atoms with E-state index in [1.807, 2.05) is 41.8 Å². The Morgan fingerprint density at radius 2 is 2.13 bits per heavy atom. The Morgan fingerprint density at radius 1 is 1.26 bits per heavy atom. The van der Waals surface area contributed by atoms with E-state index < -0.39 is 0 Å². The first-order valence-corrected chi connectivity index (χ1v) is 8.47. The molecule has 0 bridgehead atoms. The molecular formula is C18H19NO3S. The van der Waals surface area contributed by atoms with Crippen LogP contribution in [0.5, 0.6) is 11.5 Å². The number of ether oxygens (including phenoxy) is 1. The summed E-state index contributed by atoms with van der Waals surface area (Å²) in [5.41, 5.74) is 7.28. The minimum atomic E-state index is 0.0654. The van der Waals surface area contributed by atoms with Gasteiger partial charge in [-0.25, -0.2) is 0 Å². The van der Waals surface area contributed by atoms with Crippen molar-refractivity contribution in [3.8, 4) is 33.3 Å². The lowest BCUT2D eigenvalue weighted by atomic mass is 10.1. The fraction of sp³-hybridized carbons (Fsp3) is 0.222. The number of hydrogen-bond donors (Lipinski definition) is 2. The summed E-state index contributed by atoms with van der Waals surface area (Å²) in [6.07, 6.45) is 2.09. The smallest absolute Gasteiger partial charge is 0.202 e. The largest absolute Gasteiger partial charge is 0.504 e. The highest BCUT2D eigenvalue weighted by Gasteiger charge is 2.21. The first-order valence-electron chi connectivity index (χ1n) is 7.59. The monoisotopic (exact) mass is 329 g/mol. The molecule has 0 saturated heterocycles. The van der Waals surface area contributed by atoms with Crippen molar-refractivity contribution in [2.75, 3.05) is 12.3 Å². The molecule has 0 fully saturated rings. The number of benzene rings is 1. The van der Waals surface area contributed by atoms with Crippen LogP contribution in [0.1, 0.15) is 19.8 Å². The number of anilines is 1. The van der Waals surface area contributed by atoms with Crippen LogP contribution >= 0.6 is 11.3 Å². The lowest BCUT2D eigenvalue weighted by Crippen LogP contribution is -1.96. The summed E-state index contributed by atoms with van der Waals surface area (Å²) in [5, 5.41) is 12.5. The summed E-state index contributed by atoms with van der Waals surface area (Å²) in [5.74, 6) is 1.44. The highest BCUT2D eigenvalue weighted by Crippen LogP contribution is 2.46. The normalized spacial score (nSPS) is 10.8. The van der Waals surface area contributed by atoms with E-state index in [0.717, 1.165) is 29.0 Å². The van der Waals surface area contributed by atoms with Crippen LogP contribution < -0.4 is 10.5 Å². The second-order valence-electron chi connectivity index (χ2n) is 5.23. The zero-order valence-electron chi connectivity index (χ0n) is 12.9. The Morgan fingerprint density at radius 3 is 2.87 bits per heavy atom. The van der Waals surface area contributed by atoms with Gasteiger partial charge in [-0.3, -0.25) is 0 Å². The fourth-order valence-electron chi connectivity index (χ4n) is 2.37. The van der Waals surface area contributed by atoms with Gasteiger partial charge in [-0.15, -0.1) is 11.3 Å². The SMILES string of the molecule is CCCCOc1cccc(-c2c(N)oc(-c3cccs3)c2O)c1. The van der Waals surface area contributed by atoms with Gasteiger partial charge in [0, 0.05) is 0 Å². The number of thiophene rings is 1. The van der Waals surface area contributed by atoms with Crippen LogP contribution in [0, 0.1) is 0 Å². The highest BCUT2D eigenvalue weighted by atomic mass is 32.1. The molecule has 2 heterocycles. The molecule has 0 spiro atoms. The van der Waals surface area contributed by atoms with Gasteiger partial charge in [0.25, 0.3) is 0 Å². The molecule has 120 valence electrons. The van der Waals surface area contributed by atoms with Crippen LogP contribution in [-0.4, -0.2) is 11.7 Å². The summed E-state index contributed by atoms with van der Waals surface area (Å²) >= 11 is 1.49. The second-order valence-corrected chi connectivity index (χ2v) is 6.17. The van der Waals surface area contributed by atoms with Crippen molar-refractivity contribution in [2.45, 2.75) is 19.8 Å². The first-order chi connectivity index (χ1) is 11.2. The van der Waals surface area contributed by atoms with Gasteiger partial charge in [0.05, 0.1) is 17.0 Å². The maximum atomic E-state index is 10.5. The molecule has 3 rings (SSSR count). The van der Waals surface area contributed by atoms with Crippen LogP contribution in [0.25, 0.3) is 21.8 Å². The van der Waals surface area contributed by atoms with Gasteiger partial charge < -0.3 is 20.0 Å². The zero-order chi connectivity index (χ0) is 16.2. The maximum absolute atomic E-state index is 10.5. The summed E-state index contributed by atoms with van der Waals surface area (Å²) in [6, 6.07) is 11.3. The maximum Gasteiger partial charge on any atom is 0.202 e. The third kappa shape index (κ3) is 3.19. The van der Waals surface area contributed by atoms with E-state index >= 15 is 0 Å². The number of nitrogen functional groups attached to an aromatic ring is 1. The van der Waals surface area contributed by atoms with Gasteiger partial charge in [-0.2, -0.15) is 0 Å². The van der Waals surface area contributed by atoms with E-state index in [1.54, 1.807) is 0 Å². The van der Waals surface area contributed by atoms with Gasteiger partial charge in [0.15, 0.2) is 11.5 Å². The van der Waals surface area contributed by atoms with Crippen molar-refractivity contribution in [2.24, 2.45) is 0 Å². The molecule has 0 radical (unpaired) electrons. The molecule has 0 atom stereocenters. The number of nitrogens with two attached hydrogens (primary N) is 1. The Kier molecular flexibility index (Phi) is 4.57. The van der Waals surface area contributed by atoms with E-state index in [0.29, 0.717) is 17.9 Å². The lowest BCUT2D eigenvalue weighted by molar-refractivity contribution is 0.309. The zero-order valence-corrected chi connectivity index (χ0v) is 13.7. The van der Waals surface area contributed by atoms with Crippen molar-refractivity contribution in [1.82, 2.24) is 0 Å². The molecule has 0 unspecified atom stereocenters. The predicted octanol–water partition coefficient (Wildman–Crippen LogP) is 5.14. The van der Waals surface area contributed by atoms with Crippen LogP contribution in [0.4, 0.5) is 5.88 Å². The number of rotatable bonds is 6. The molecular weight excluding hydrogens is 310 g/mol. The van der Waals surface area contributed by atoms with Crippen molar-refractivity contribution in [3.05, 3.63) is 41.8 Å². The third-order valence-electron chi connectivity index (χ3n) is 3.54. The average molecular weight is 329 g/mol. The van der Waals surface area contributed by atoms with Gasteiger partial charge in [-0.05, 0) is 35.6 Å². The first kappa shape index (κ1) is 15.5. The number of aromatic hydroxyl groups is 1. The van der Waals surface area contributed by atoms with Gasteiger partial charge >= 0.3 is 0 Å². The van der Waals surface area contributed by atoms with E-state index in [1.165, 1.54) is 11.3 Å². The van der Waals surface area contributed by atoms with Crippen molar-refractivity contribution >= 4 is 17.2 Å². The second kappa shape index (κ2) is 6.79. The molecule has 0 aliphatic rings. The number of furan rings is 1. The molecule has 1 aromatic carbocycles. The van der Waals surface area contributed by atoms with Crippen LogP contribution in [0.2, 0.25) is 0 Å². The summed E-state index contributed by atoms with van der Waals surface area (Å²) < 4.78 is 11.3. The Bertz CT molecular complexity index is 778. The third-order valence-corrected chi connectivity index (χ3v) is 4.41. The molecule has 2 aromatic heterocycles. The molecule has 3 N–H and O–H groups in total. The van der Waals surface area contributed by atoms with Crippen molar-refractivity contribution in [1.29, 1.82) is 0 Å². The minimum Gasteiger partial charge on any atom is -0.504 e. The standard InChI is InChI=1S/C18H19NO3S/c1-2-3-9-21-13-7-4-6-12(11-13)15-16(20)17(22-18(15)19)14-8-5-10-23-14/h4-8,10-11,20H,2-3,9,19H2,1H3. The summed E-state index contributed by atoms with van der Waals surface area (Å²) in [7, 11) is 0. The lowest BCUT2D eigenvalue weighted by Gasteiger charge is -2.07. The van der Waals surface area contributed by atoms with Gasteiger partial charge in [0.2, 0.25) is 5.88 Å². The Balaban J connectivity index is 1.94. The predicted molar refractivity (Wildman–Crippen MR) is 93.9 cm³/mol. The van der Waals surface area contributed by atoms with E-state index in [4.69, 9.17) is 14.9 Å². The molecule has 3 aromatic rings. The van der Waals surface area contributed by atoms with Crippen LogP contribution in [0.3, 0.4) is 0 Å². The average Bonchev–Trinajstić information content (AvgIpc) is 3.16. The van der Waals surface area contributed by atoms with Crippen molar-refractivity contribution in [3.63, 3.8) is 0 Å².